The molecular formula is C14H19O2PS. The van der Waals surface area contributed by atoms with E-state index < -0.39 is 7.15 Å². The van der Waals surface area contributed by atoms with Crippen LogP contribution in [0.4, 0.5) is 0 Å². The van der Waals surface area contributed by atoms with Crippen molar-refractivity contribution in [1.29, 1.82) is 0 Å². The highest BCUT2D eigenvalue weighted by atomic mass is 32.4. The number of aryl methyl sites for hydroxylation is 2. The molecule has 0 saturated heterocycles. The van der Waals surface area contributed by atoms with Crippen LogP contribution < -0.4 is 0 Å². The van der Waals surface area contributed by atoms with Crippen LogP contribution in [-0.2, 0) is 11.8 Å². The molecule has 0 aliphatic rings. The highest BCUT2D eigenvalue weighted by molar-refractivity contribution is 7.99. The Hall–Kier alpha value is -0.990. The molecular weight excluding hydrogens is 263 g/mol. The Morgan fingerprint density at radius 3 is 1.06 bits per heavy atom. The van der Waals surface area contributed by atoms with Gasteiger partial charge in [-0.2, -0.15) is 0 Å². The Morgan fingerprint density at radius 1 is 0.722 bits per heavy atom. The van der Waals surface area contributed by atoms with Gasteiger partial charge in [0.15, 0.2) is 7.15 Å². The summed E-state index contributed by atoms with van der Waals surface area (Å²) < 4.78 is 0. The molecule has 18 heavy (non-hydrogen) atoms. The van der Waals surface area contributed by atoms with Crippen molar-refractivity contribution in [2.75, 3.05) is 0 Å². The van der Waals surface area contributed by atoms with Crippen LogP contribution in [-0.4, -0.2) is 9.79 Å². The molecule has 0 amide bonds. The fourth-order valence-electron chi connectivity index (χ4n) is 1.07. The minimum atomic E-state index is -2.30. The Kier molecular flexibility index (Phi) is 10.5. The minimum Gasteiger partial charge on any atom is -0.347 e. The molecule has 0 spiro atoms. The zero-order valence-electron chi connectivity index (χ0n) is 10.6. The van der Waals surface area contributed by atoms with Crippen LogP contribution in [0, 0.1) is 13.8 Å². The third kappa shape index (κ3) is 13.1. The first kappa shape index (κ1) is 17.0. The topological polar surface area (TPSA) is 40.5 Å². The summed E-state index contributed by atoms with van der Waals surface area (Å²) in [6.45, 7) is 4.17. The van der Waals surface area contributed by atoms with E-state index in [9.17, 15) is 0 Å². The highest BCUT2D eigenvalue weighted by Crippen LogP contribution is 1.99. The van der Waals surface area contributed by atoms with E-state index in [4.69, 9.17) is 9.79 Å². The lowest BCUT2D eigenvalue weighted by molar-refractivity contribution is 0.509. The summed E-state index contributed by atoms with van der Waals surface area (Å²) in [5, 5.41) is 0. The van der Waals surface area contributed by atoms with Crippen molar-refractivity contribution < 1.29 is 9.79 Å². The maximum atomic E-state index is 7.53. The van der Waals surface area contributed by atoms with Gasteiger partial charge in [-0.3, -0.25) is 0 Å². The lowest BCUT2D eigenvalue weighted by atomic mass is 10.2. The van der Waals surface area contributed by atoms with Crippen LogP contribution in [0.5, 0.6) is 0 Å². The summed E-state index contributed by atoms with van der Waals surface area (Å²) in [6.07, 6.45) is 0. The van der Waals surface area contributed by atoms with Crippen molar-refractivity contribution >= 4 is 19.0 Å². The van der Waals surface area contributed by atoms with Gasteiger partial charge in [0.2, 0.25) is 0 Å². The van der Waals surface area contributed by atoms with E-state index in [2.05, 4.69) is 49.9 Å². The predicted octanol–water partition coefficient (Wildman–Crippen LogP) is 3.47. The number of hydrogen-bond acceptors (Lipinski definition) is 1. The first-order chi connectivity index (χ1) is 8.52. The maximum absolute atomic E-state index is 7.53. The van der Waals surface area contributed by atoms with Crippen molar-refractivity contribution in [1.82, 2.24) is 0 Å². The standard InChI is InChI=1S/2C7H8.H3O2PS/c2*1-7-5-3-2-4-6-7;1-3(2)4/h2*2-6H,1H3;3H,(H2,1,2,4). The van der Waals surface area contributed by atoms with Gasteiger partial charge < -0.3 is 9.79 Å². The van der Waals surface area contributed by atoms with Gasteiger partial charge in [-0.05, 0) is 25.7 Å². The molecule has 0 radical (unpaired) electrons. The third-order valence-corrected chi connectivity index (χ3v) is 1.88. The Morgan fingerprint density at radius 2 is 0.944 bits per heavy atom. The Bertz CT molecular complexity index is 391. The molecule has 0 saturated carbocycles. The van der Waals surface area contributed by atoms with Crippen molar-refractivity contribution in [3.63, 3.8) is 0 Å². The van der Waals surface area contributed by atoms with Crippen LogP contribution >= 0.6 is 7.15 Å². The Labute approximate surface area is 115 Å². The Balaban J connectivity index is 0.000000253. The zero-order valence-corrected chi connectivity index (χ0v) is 12.4. The molecule has 0 atom stereocenters. The SMILES string of the molecule is Cc1ccccc1.Cc1ccccc1.O[PH](O)=S. The van der Waals surface area contributed by atoms with Crippen LogP contribution in [0.1, 0.15) is 11.1 Å². The summed E-state index contributed by atoms with van der Waals surface area (Å²) >= 11 is 3.83. The lowest BCUT2D eigenvalue weighted by Gasteiger charge is -1.82. The fraction of sp³-hybridized carbons (Fsp3) is 0.143. The molecule has 2 aromatic carbocycles. The van der Waals surface area contributed by atoms with Gasteiger partial charge in [-0.25, -0.2) is 0 Å². The van der Waals surface area contributed by atoms with E-state index in [1.165, 1.54) is 11.1 Å². The normalized spacial score (nSPS) is 8.72. The maximum Gasteiger partial charge on any atom is 0.170 e. The summed E-state index contributed by atoms with van der Waals surface area (Å²) in [5.41, 5.74) is 2.64. The third-order valence-electron chi connectivity index (χ3n) is 1.88. The predicted molar refractivity (Wildman–Crippen MR) is 82.5 cm³/mol. The first-order valence-corrected chi connectivity index (χ1v) is 8.00. The molecule has 98 valence electrons. The molecule has 0 aliphatic carbocycles. The van der Waals surface area contributed by atoms with Gasteiger partial charge in [-0.1, -0.05) is 71.8 Å². The van der Waals surface area contributed by atoms with E-state index >= 15 is 0 Å². The van der Waals surface area contributed by atoms with E-state index in [0.29, 0.717) is 0 Å². The summed E-state index contributed by atoms with van der Waals surface area (Å²) in [5.74, 6) is 0. The average Bonchev–Trinajstić information content (AvgIpc) is 2.31. The van der Waals surface area contributed by atoms with Crippen molar-refractivity contribution in [3.8, 4) is 0 Å². The quantitative estimate of drug-likeness (QED) is 0.727. The number of benzene rings is 2. The van der Waals surface area contributed by atoms with Gasteiger partial charge >= 0.3 is 0 Å². The summed E-state index contributed by atoms with van der Waals surface area (Å²) in [6, 6.07) is 20.5. The van der Waals surface area contributed by atoms with Crippen LogP contribution in [0.25, 0.3) is 0 Å². The molecule has 0 aliphatic heterocycles. The van der Waals surface area contributed by atoms with Gasteiger partial charge in [0.05, 0.1) is 0 Å². The van der Waals surface area contributed by atoms with Crippen molar-refractivity contribution in [2.24, 2.45) is 0 Å². The molecule has 2 nitrogen and oxygen atoms in total. The minimum absolute atomic E-state index is 1.32. The lowest BCUT2D eigenvalue weighted by Crippen LogP contribution is -1.62. The highest BCUT2D eigenvalue weighted by Gasteiger charge is 1.72. The van der Waals surface area contributed by atoms with E-state index in [0.717, 1.165) is 0 Å². The smallest absolute Gasteiger partial charge is 0.170 e. The molecule has 4 heteroatoms. The van der Waals surface area contributed by atoms with Crippen molar-refractivity contribution in [2.45, 2.75) is 13.8 Å². The van der Waals surface area contributed by atoms with E-state index in [-0.39, 0.29) is 0 Å². The summed E-state index contributed by atoms with van der Waals surface area (Å²) in [7, 11) is -2.30. The van der Waals surface area contributed by atoms with E-state index in [1.807, 2.05) is 36.4 Å². The van der Waals surface area contributed by atoms with Gasteiger partial charge in [0.1, 0.15) is 0 Å². The number of rotatable bonds is 0. The molecule has 0 heterocycles. The summed E-state index contributed by atoms with van der Waals surface area (Å²) in [4.78, 5) is 15.1. The van der Waals surface area contributed by atoms with Gasteiger partial charge in [-0.15, -0.1) is 0 Å². The van der Waals surface area contributed by atoms with Gasteiger partial charge in [0, 0.05) is 0 Å². The second-order valence-electron chi connectivity index (χ2n) is 3.59. The molecule has 0 bridgehead atoms. The zero-order chi connectivity index (χ0) is 13.8. The largest absolute Gasteiger partial charge is 0.347 e. The number of hydrogen-bond donors (Lipinski definition) is 2. The average molecular weight is 282 g/mol. The molecule has 2 rings (SSSR count). The molecule has 0 fully saturated rings. The monoisotopic (exact) mass is 282 g/mol. The van der Waals surface area contributed by atoms with Crippen LogP contribution in [0.3, 0.4) is 0 Å². The van der Waals surface area contributed by atoms with E-state index in [1.54, 1.807) is 0 Å². The first-order valence-electron chi connectivity index (χ1n) is 5.47. The molecule has 0 unspecified atom stereocenters. The second-order valence-corrected chi connectivity index (χ2v) is 5.25. The van der Waals surface area contributed by atoms with Crippen LogP contribution in [0.15, 0.2) is 60.7 Å². The van der Waals surface area contributed by atoms with Crippen molar-refractivity contribution in [3.05, 3.63) is 71.8 Å². The van der Waals surface area contributed by atoms with Crippen LogP contribution in [0.2, 0.25) is 0 Å². The molecule has 0 aromatic heterocycles. The molecule has 2 aromatic rings. The second kappa shape index (κ2) is 11.1. The fourth-order valence-corrected chi connectivity index (χ4v) is 1.07. The molecule has 2 N–H and O–H groups in total. The van der Waals surface area contributed by atoms with Gasteiger partial charge in [0.25, 0.3) is 0 Å².